The lowest BCUT2D eigenvalue weighted by Crippen LogP contribution is -2.44. The fourth-order valence-electron chi connectivity index (χ4n) is 2.09. The van der Waals surface area contributed by atoms with Crippen LogP contribution in [-0.4, -0.2) is 38.3 Å². The fourth-order valence-corrected chi connectivity index (χ4v) is 2.36. The third-order valence-corrected chi connectivity index (χ3v) is 3.61. The molecule has 0 aliphatic carbocycles. The molecule has 4 nitrogen and oxygen atoms in total. The second-order valence-electron chi connectivity index (χ2n) is 4.41. The zero-order valence-electron chi connectivity index (χ0n) is 10.3. The Morgan fingerprint density at radius 3 is 2.83 bits per heavy atom. The van der Waals surface area contributed by atoms with Crippen molar-refractivity contribution in [2.45, 2.75) is 18.6 Å². The van der Waals surface area contributed by atoms with Gasteiger partial charge < -0.3 is 15.4 Å². The van der Waals surface area contributed by atoms with Gasteiger partial charge >= 0.3 is 0 Å². The average Bonchev–Trinajstić information content (AvgIpc) is 2.79. The van der Waals surface area contributed by atoms with E-state index in [2.05, 4.69) is 26.6 Å². The van der Waals surface area contributed by atoms with Crippen molar-refractivity contribution < 1.29 is 9.53 Å². The number of ether oxygens (including phenoxy) is 1. The van der Waals surface area contributed by atoms with Gasteiger partial charge in [0.25, 0.3) is 0 Å². The lowest BCUT2D eigenvalue weighted by molar-refractivity contribution is -0.121. The van der Waals surface area contributed by atoms with Gasteiger partial charge in [0, 0.05) is 24.7 Å². The van der Waals surface area contributed by atoms with Gasteiger partial charge in [-0.15, -0.1) is 0 Å². The maximum Gasteiger partial charge on any atom is 0.224 e. The van der Waals surface area contributed by atoms with E-state index < -0.39 is 0 Å². The van der Waals surface area contributed by atoms with Crippen molar-refractivity contribution >= 4 is 21.8 Å². The zero-order chi connectivity index (χ0) is 13.0. The molecule has 1 saturated heterocycles. The summed E-state index contributed by atoms with van der Waals surface area (Å²) in [6.45, 7) is 1.56. The predicted molar refractivity (Wildman–Crippen MR) is 73.4 cm³/mol. The Morgan fingerprint density at radius 1 is 1.44 bits per heavy atom. The van der Waals surface area contributed by atoms with Crippen LogP contribution in [0.4, 0.5) is 0 Å². The number of hydrogen-bond acceptors (Lipinski definition) is 3. The summed E-state index contributed by atoms with van der Waals surface area (Å²) in [6, 6.07) is 7.85. The first-order valence-corrected chi connectivity index (χ1v) is 6.75. The smallest absolute Gasteiger partial charge is 0.224 e. The highest BCUT2D eigenvalue weighted by Crippen LogP contribution is 2.11. The van der Waals surface area contributed by atoms with Crippen molar-refractivity contribution in [2.75, 3.05) is 20.2 Å². The third kappa shape index (κ3) is 3.54. The van der Waals surface area contributed by atoms with Crippen LogP contribution in [0.5, 0.6) is 0 Å². The quantitative estimate of drug-likeness (QED) is 0.875. The molecule has 1 aliphatic rings. The summed E-state index contributed by atoms with van der Waals surface area (Å²) >= 11 is 3.37. The Labute approximate surface area is 115 Å². The van der Waals surface area contributed by atoms with Gasteiger partial charge in [-0.3, -0.25) is 4.79 Å². The summed E-state index contributed by atoms with van der Waals surface area (Å²) in [7, 11) is 1.67. The van der Waals surface area contributed by atoms with Crippen molar-refractivity contribution in [2.24, 2.45) is 0 Å². The van der Waals surface area contributed by atoms with Crippen molar-refractivity contribution in [3.05, 3.63) is 34.3 Å². The molecule has 5 heteroatoms. The molecule has 98 valence electrons. The molecule has 0 radical (unpaired) electrons. The van der Waals surface area contributed by atoms with Crippen LogP contribution in [0.15, 0.2) is 28.7 Å². The van der Waals surface area contributed by atoms with Crippen LogP contribution in [0.2, 0.25) is 0 Å². The molecule has 0 aromatic heterocycles. The van der Waals surface area contributed by atoms with Gasteiger partial charge in [-0.05, 0) is 17.7 Å². The van der Waals surface area contributed by atoms with E-state index in [0.29, 0.717) is 6.42 Å². The number of methoxy groups -OCH3 is 1. The molecule has 2 N–H and O–H groups in total. The SMILES string of the molecule is CO[C@@H]1CNCC1NC(=O)Cc1ccc(Br)cc1. The first-order valence-electron chi connectivity index (χ1n) is 5.96. The molecule has 2 atom stereocenters. The van der Waals surface area contributed by atoms with Gasteiger partial charge in [0.05, 0.1) is 18.6 Å². The second-order valence-corrected chi connectivity index (χ2v) is 5.33. The summed E-state index contributed by atoms with van der Waals surface area (Å²) in [5, 5.41) is 6.21. The van der Waals surface area contributed by atoms with Gasteiger partial charge in [0.1, 0.15) is 0 Å². The van der Waals surface area contributed by atoms with E-state index in [4.69, 9.17) is 4.74 Å². The Bertz CT molecular complexity index is 408. The van der Waals surface area contributed by atoms with Crippen LogP contribution in [0.3, 0.4) is 0 Å². The number of benzene rings is 1. The molecule has 1 aromatic carbocycles. The number of nitrogens with one attached hydrogen (secondary N) is 2. The number of hydrogen-bond donors (Lipinski definition) is 2. The first kappa shape index (κ1) is 13.5. The van der Waals surface area contributed by atoms with Crippen molar-refractivity contribution in [3.8, 4) is 0 Å². The van der Waals surface area contributed by atoms with Gasteiger partial charge in [-0.25, -0.2) is 0 Å². The molecular formula is C13H17BrN2O2. The molecule has 0 spiro atoms. The number of halogens is 1. The fraction of sp³-hybridized carbons (Fsp3) is 0.462. The minimum Gasteiger partial charge on any atom is -0.378 e. The van der Waals surface area contributed by atoms with Crippen LogP contribution in [0, 0.1) is 0 Å². The minimum atomic E-state index is 0.0353. The van der Waals surface area contributed by atoms with Crippen LogP contribution < -0.4 is 10.6 Å². The summed E-state index contributed by atoms with van der Waals surface area (Å²) in [5.74, 6) is 0.0353. The molecular weight excluding hydrogens is 296 g/mol. The number of amides is 1. The van der Waals surface area contributed by atoms with E-state index in [1.54, 1.807) is 7.11 Å². The van der Waals surface area contributed by atoms with E-state index in [-0.39, 0.29) is 18.1 Å². The van der Waals surface area contributed by atoms with E-state index in [1.807, 2.05) is 24.3 Å². The maximum absolute atomic E-state index is 11.9. The molecule has 1 fully saturated rings. The highest BCUT2D eigenvalue weighted by molar-refractivity contribution is 9.10. The van der Waals surface area contributed by atoms with Crippen molar-refractivity contribution in [3.63, 3.8) is 0 Å². The zero-order valence-corrected chi connectivity index (χ0v) is 11.9. The van der Waals surface area contributed by atoms with E-state index >= 15 is 0 Å². The molecule has 1 heterocycles. The van der Waals surface area contributed by atoms with E-state index in [1.165, 1.54) is 0 Å². The van der Waals surface area contributed by atoms with Crippen LogP contribution in [0.25, 0.3) is 0 Å². The first-order chi connectivity index (χ1) is 8.69. The third-order valence-electron chi connectivity index (χ3n) is 3.09. The number of carbonyl (C=O) groups is 1. The highest BCUT2D eigenvalue weighted by Gasteiger charge is 2.27. The standard InChI is InChI=1S/C13H17BrN2O2/c1-18-12-8-15-7-11(12)16-13(17)6-9-2-4-10(14)5-3-9/h2-5,11-12,15H,6-8H2,1H3,(H,16,17)/t11?,12-/m1/s1. The van der Waals surface area contributed by atoms with E-state index in [9.17, 15) is 4.79 Å². The average molecular weight is 313 g/mol. The minimum absolute atomic E-state index is 0.0353. The van der Waals surface area contributed by atoms with E-state index in [0.717, 1.165) is 23.1 Å². The van der Waals surface area contributed by atoms with Gasteiger partial charge in [0.15, 0.2) is 0 Å². The number of carbonyl (C=O) groups excluding carboxylic acids is 1. The predicted octanol–water partition coefficient (Wildman–Crippen LogP) is 1.09. The molecule has 0 bridgehead atoms. The Balaban J connectivity index is 1.86. The summed E-state index contributed by atoms with van der Waals surface area (Å²) in [5.41, 5.74) is 1.01. The topological polar surface area (TPSA) is 50.4 Å². The van der Waals surface area contributed by atoms with Gasteiger partial charge in [0.2, 0.25) is 5.91 Å². The number of rotatable bonds is 4. The van der Waals surface area contributed by atoms with Crippen LogP contribution >= 0.6 is 15.9 Å². The molecule has 18 heavy (non-hydrogen) atoms. The maximum atomic E-state index is 11.9. The van der Waals surface area contributed by atoms with Crippen LogP contribution in [-0.2, 0) is 16.0 Å². The summed E-state index contributed by atoms with van der Waals surface area (Å²) < 4.78 is 6.33. The highest BCUT2D eigenvalue weighted by atomic mass is 79.9. The molecule has 1 aliphatic heterocycles. The summed E-state index contributed by atoms with van der Waals surface area (Å²) in [4.78, 5) is 11.9. The lowest BCUT2D eigenvalue weighted by atomic mass is 10.1. The Hall–Kier alpha value is -0.910. The second kappa shape index (κ2) is 6.31. The molecule has 0 saturated carbocycles. The Kier molecular flexibility index (Phi) is 4.74. The van der Waals surface area contributed by atoms with Gasteiger partial charge in [-0.1, -0.05) is 28.1 Å². The normalized spacial score (nSPS) is 23.0. The van der Waals surface area contributed by atoms with Crippen molar-refractivity contribution in [1.82, 2.24) is 10.6 Å². The lowest BCUT2D eigenvalue weighted by Gasteiger charge is -2.18. The monoisotopic (exact) mass is 312 g/mol. The molecule has 1 amide bonds. The van der Waals surface area contributed by atoms with Crippen molar-refractivity contribution in [1.29, 1.82) is 0 Å². The molecule has 2 rings (SSSR count). The van der Waals surface area contributed by atoms with Gasteiger partial charge in [-0.2, -0.15) is 0 Å². The largest absolute Gasteiger partial charge is 0.378 e. The molecule has 1 aromatic rings. The Morgan fingerprint density at radius 2 is 2.17 bits per heavy atom. The molecule has 1 unspecified atom stereocenters. The summed E-state index contributed by atoms with van der Waals surface area (Å²) in [6.07, 6.45) is 0.471. The van der Waals surface area contributed by atoms with Crippen LogP contribution in [0.1, 0.15) is 5.56 Å².